The van der Waals surface area contributed by atoms with Gasteiger partial charge in [0.05, 0.1) is 11.2 Å². The van der Waals surface area contributed by atoms with Crippen LogP contribution in [0.5, 0.6) is 0 Å². The van der Waals surface area contributed by atoms with Crippen LogP contribution in [-0.4, -0.2) is 12.0 Å². The van der Waals surface area contributed by atoms with Crippen LogP contribution in [0.25, 0.3) is 23.1 Å². The van der Waals surface area contributed by atoms with E-state index >= 15 is 0 Å². The number of rotatable bonds is 4. The number of halogens is 1. The molecule has 0 fully saturated rings. The second kappa shape index (κ2) is 6.39. The summed E-state index contributed by atoms with van der Waals surface area (Å²) in [6.45, 7) is -0.486. The first kappa shape index (κ1) is 14.3. The fourth-order valence-corrected chi connectivity index (χ4v) is 2.39. The van der Waals surface area contributed by atoms with E-state index in [0.717, 1.165) is 27.8 Å². The quantitative estimate of drug-likeness (QED) is 0.738. The molecule has 3 aromatic rings. The second-order valence-electron chi connectivity index (χ2n) is 5.06. The molecule has 0 bridgehead atoms. The van der Waals surface area contributed by atoms with Crippen molar-refractivity contribution in [3.05, 3.63) is 71.4 Å². The first-order chi connectivity index (χ1) is 10.8. The number of para-hydroxylation sites is 1. The molecule has 0 unspecified atom stereocenters. The highest BCUT2D eigenvalue weighted by molar-refractivity contribution is 5.81. The molecule has 22 heavy (non-hydrogen) atoms. The van der Waals surface area contributed by atoms with Gasteiger partial charge in [-0.25, -0.2) is 9.37 Å². The molecule has 0 amide bonds. The highest BCUT2D eigenvalue weighted by Gasteiger charge is 2.01. The van der Waals surface area contributed by atoms with E-state index in [4.69, 9.17) is 0 Å². The van der Waals surface area contributed by atoms with E-state index < -0.39 is 6.67 Å². The van der Waals surface area contributed by atoms with Crippen molar-refractivity contribution in [2.45, 2.75) is 6.67 Å². The molecule has 0 saturated heterocycles. The molecular weight excluding hydrogens is 275 g/mol. The minimum Gasteiger partial charge on any atom is -0.388 e. The third-order valence-electron chi connectivity index (χ3n) is 3.63. The van der Waals surface area contributed by atoms with Crippen molar-refractivity contribution in [1.82, 2.24) is 4.98 Å². The van der Waals surface area contributed by atoms with E-state index in [-0.39, 0.29) is 0 Å². The van der Waals surface area contributed by atoms with Crippen molar-refractivity contribution in [2.24, 2.45) is 0 Å². The second-order valence-corrected chi connectivity index (χ2v) is 5.06. The summed E-state index contributed by atoms with van der Waals surface area (Å²) in [5.74, 6) is 0. The Balaban J connectivity index is 1.92. The van der Waals surface area contributed by atoms with Crippen LogP contribution >= 0.6 is 0 Å². The molecule has 1 aromatic heterocycles. The van der Waals surface area contributed by atoms with Crippen LogP contribution in [0.1, 0.15) is 16.8 Å². The maximum atomic E-state index is 13.2. The Morgan fingerprint density at radius 2 is 1.91 bits per heavy atom. The SMILES string of the molecule is CNc1ccc(C=Cc2ccc3ccccc3n2)c(CF)c1. The minimum absolute atomic E-state index is 0.486. The lowest BCUT2D eigenvalue weighted by molar-refractivity contribution is 0.485. The van der Waals surface area contributed by atoms with Crippen LogP contribution in [-0.2, 0) is 6.67 Å². The summed E-state index contributed by atoms with van der Waals surface area (Å²) in [4.78, 5) is 4.59. The fourth-order valence-electron chi connectivity index (χ4n) is 2.39. The zero-order valence-corrected chi connectivity index (χ0v) is 12.4. The van der Waals surface area contributed by atoms with E-state index in [1.54, 1.807) is 0 Å². The van der Waals surface area contributed by atoms with Gasteiger partial charge in [-0.15, -0.1) is 0 Å². The number of aromatic nitrogens is 1. The van der Waals surface area contributed by atoms with Crippen molar-refractivity contribution < 1.29 is 4.39 Å². The van der Waals surface area contributed by atoms with Gasteiger partial charge < -0.3 is 5.32 Å². The molecule has 0 aliphatic rings. The Morgan fingerprint density at radius 1 is 1.05 bits per heavy atom. The third kappa shape index (κ3) is 2.98. The average Bonchev–Trinajstić information content (AvgIpc) is 2.59. The van der Waals surface area contributed by atoms with Crippen LogP contribution in [0.4, 0.5) is 10.1 Å². The Hall–Kier alpha value is -2.68. The third-order valence-corrected chi connectivity index (χ3v) is 3.63. The molecule has 2 aromatic carbocycles. The maximum Gasteiger partial charge on any atom is 0.115 e. The molecule has 0 radical (unpaired) electrons. The molecule has 110 valence electrons. The van der Waals surface area contributed by atoms with E-state index in [1.165, 1.54) is 0 Å². The predicted molar refractivity (Wildman–Crippen MR) is 91.5 cm³/mol. The summed E-state index contributed by atoms with van der Waals surface area (Å²) in [5.41, 5.74) is 4.27. The molecule has 3 rings (SSSR count). The summed E-state index contributed by atoms with van der Waals surface area (Å²) >= 11 is 0. The largest absolute Gasteiger partial charge is 0.388 e. The number of fused-ring (bicyclic) bond motifs is 1. The molecule has 0 aliphatic heterocycles. The van der Waals surface area contributed by atoms with Gasteiger partial charge in [-0.2, -0.15) is 0 Å². The Morgan fingerprint density at radius 3 is 2.73 bits per heavy atom. The normalized spacial score (nSPS) is 11.2. The van der Waals surface area contributed by atoms with E-state index in [0.29, 0.717) is 5.56 Å². The number of nitrogens with one attached hydrogen (secondary N) is 1. The summed E-state index contributed by atoms with van der Waals surface area (Å²) in [6.07, 6.45) is 3.82. The van der Waals surface area contributed by atoms with Gasteiger partial charge in [-0.05, 0) is 41.5 Å². The zero-order chi connectivity index (χ0) is 15.4. The van der Waals surface area contributed by atoms with Gasteiger partial charge in [-0.1, -0.05) is 36.4 Å². The van der Waals surface area contributed by atoms with Crippen LogP contribution in [0.2, 0.25) is 0 Å². The average molecular weight is 292 g/mol. The summed E-state index contributed by atoms with van der Waals surface area (Å²) in [5, 5.41) is 4.13. The van der Waals surface area contributed by atoms with Gasteiger partial charge in [0.25, 0.3) is 0 Å². The molecule has 0 spiro atoms. The topological polar surface area (TPSA) is 24.9 Å². The number of nitrogens with zero attached hydrogens (tertiary/aromatic N) is 1. The number of pyridine rings is 1. The van der Waals surface area contributed by atoms with Crippen molar-refractivity contribution >= 4 is 28.7 Å². The highest BCUT2D eigenvalue weighted by atomic mass is 19.1. The van der Waals surface area contributed by atoms with E-state index in [1.807, 2.05) is 73.8 Å². The van der Waals surface area contributed by atoms with Crippen molar-refractivity contribution in [3.63, 3.8) is 0 Å². The molecule has 3 heteroatoms. The molecule has 1 N–H and O–H groups in total. The highest BCUT2D eigenvalue weighted by Crippen LogP contribution is 2.20. The number of alkyl halides is 1. The molecule has 0 aliphatic carbocycles. The Kier molecular flexibility index (Phi) is 4.15. The van der Waals surface area contributed by atoms with Gasteiger partial charge in [0.15, 0.2) is 0 Å². The molecular formula is C19H17FN2. The fraction of sp³-hybridized carbons (Fsp3) is 0.105. The lowest BCUT2D eigenvalue weighted by Crippen LogP contribution is -1.92. The van der Waals surface area contributed by atoms with Crippen LogP contribution in [0.3, 0.4) is 0 Å². The lowest BCUT2D eigenvalue weighted by atomic mass is 10.1. The van der Waals surface area contributed by atoms with Gasteiger partial charge in [0.2, 0.25) is 0 Å². The van der Waals surface area contributed by atoms with Crippen molar-refractivity contribution in [3.8, 4) is 0 Å². The first-order valence-electron chi connectivity index (χ1n) is 7.20. The van der Waals surface area contributed by atoms with Crippen molar-refractivity contribution in [2.75, 3.05) is 12.4 Å². The van der Waals surface area contributed by atoms with Gasteiger partial charge >= 0.3 is 0 Å². The summed E-state index contributed by atoms with van der Waals surface area (Å²) in [6, 6.07) is 17.7. The Labute approximate surface area is 129 Å². The van der Waals surface area contributed by atoms with Crippen LogP contribution in [0, 0.1) is 0 Å². The van der Waals surface area contributed by atoms with E-state index in [9.17, 15) is 4.39 Å². The lowest BCUT2D eigenvalue weighted by Gasteiger charge is -2.06. The minimum atomic E-state index is -0.486. The standard InChI is InChI=1S/C19H17FN2/c1-21-18-11-7-14(16(12-18)13-20)6-9-17-10-8-15-4-2-3-5-19(15)22-17/h2-12,21H,13H2,1H3. The van der Waals surface area contributed by atoms with Crippen LogP contribution in [0.15, 0.2) is 54.6 Å². The molecule has 0 atom stereocenters. The number of anilines is 1. The van der Waals surface area contributed by atoms with Gasteiger partial charge in [0, 0.05) is 18.1 Å². The van der Waals surface area contributed by atoms with E-state index in [2.05, 4.69) is 10.3 Å². The van der Waals surface area contributed by atoms with Gasteiger partial charge in [-0.3, -0.25) is 0 Å². The number of hydrogen-bond acceptors (Lipinski definition) is 2. The zero-order valence-electron chi connectivity index (χ0n) is 12.4. The van der Waals surface area contributed by atoms with Crippen molar-refractivity contribution in [1.29, 1.82) is 0 Å². The molecule has 2 nitrogen and oxygen atoms in total. The monoisotopic (exact) mass is 292 g/mol. The predicted octanol–water partition coefficient (Wildman–Crippen LogP) is 4.92. The van der Waals surface area contributed by atoms with Crippen LogP contribution < -0.4 is 5.32 Å². The molecule has 0 saturated carbocycles. The number of benzene rings is 2. The Bertz CT molecular complexity index is 825. The summed E-state index contributed by atoms with van der Waals surface area (Å²) < 4.78 is 13.2. The molecule has 1 heterocycles. The van der Waals surface area contributed by atoms with Gasteiger partial charge in [0.1, 0.15) is 6.67 Å². The number of hydrogen-bond donors (Lipinski definition) is 1. The smallest absolute Gasteiger partial charge is 0.115 e. The maximum absolute atomic E-state index is 13.2. The summed E-state index contributed by atoms with van der Waals surface area (Å²) in [7, 11) is 1.83. The first-order valence-corrected chi connectivity index (χ1v) is 7.20.